The standard InChI is InChI=1S/C41H52F2N10O11/c1-47(27-2-3-31-30(20-27)29(8-9-45-31)39(62)46-23-36(57)53-26-41(42,43)21-28(53)22-44)33(54)6-7-35(56)52-18-16-51(17-19-52)34(55)5-4-32(40(63)64)50-14-12-48(24-37(58)59)10-11-49(13-15-50)25-38(60)61/h2-3,8-9,20,28,32H,4-7,10-19,21,23-26H2,1H3,(H,46,62)(H,58,59)(H,60,61)(H,63,64)/t28-,32?/m0/s1. The van der Waals surface area contributed by atoms with Gasteiger partial charge in [0.2, 0.25) is 23.6 Å². The molecule has 5 rings (SSSR count). The van der Waals surface area contributed by atoms with E-state index in [1.54, 1.807) is 48.8 Å². The van der Waals surface area contributed by atoms with Crippen molar-refractivity contribution in [1.82, 2.24) is 39.7 Å². The third kappa shape index (κ3) is 13.1. The van der Waals surface area contributed by atoms with Crippen LogP contribution in [0.1, 0.15) is 42.5 Å². The molecule has 0 aliphatic carbocycles. The number of aromatic nitrogens is 1. The normalized spacial score (nSPS) is 19.2. The van der Waals surface area contributed by atoms with Crippen molar-refractivity contribution in [2.24, 2.45) is 0 Å². The number of piperazine rings is 1. The highest BCUT2D eigenvalue weighted by Crippen LogP contribution is 2.32. The van der Waals surface area contributed by atoms with Gasteiger partial charge in [-0.2, -0.15) is 5.26 Å². The molecule has 64 heavy (non-hydrogen) atoms. The van der Waals surface area contributed by atoms with E-state index in [0.717, 1.165) is 4.90 Å². The summed E-state index contributed by atoms with van der Waals surface area (Å²) in [4.78, 5) is 115. The molecule has 346 valence electrons. The molecule has 2 aromatic rings. The first-order valence-corrected chi connectivity index (χ1v) is 20.8. The number of anilines is 1. The summed E-state index contributed by atoms with van der Waals surface area (Å²) in [5.74, 6) is -9.08. The summed E-state index contributed by atoms with van der Waals surface area (Å²) in [7, 11) is 1.50. The lowest BCUT2D eigenvalue weighted by atomic mass is 10.1. The van der Waals surface area contributed by atoms with Crippen molar-refractivity contribution in [3.63, 3.8) is 0 Å². The molecule has 0 radical (unpaired) electrons. The summed E-state index contributed by atoms with van der Waals surface area (Å²) in [6.45, 7) is 0.0807. The van der Waals surface area contributed by atoms with E-state index in [1.807, 2.05) is 0 Å². The summed E-state index contributed by atoms with van der Waals surface area (Å²) in [5.41, 5.74) is 0.861. The second kappa shape index (κ2) is 21.8. The Morgan fingerprint density at radius 3 is 1.97 bits per heavy atom. The van der Waals surface area contributed by atoms with Gasteiger partial charge in [0.15, 0.2) is 0 Å². The first kappa shape index (κ1) is 48.6. The van der Waals surface area contributed by atoms with E-state index in [1.165, 1.54) is 24.2 Å². The molecule has 3 aliphatic heterocycles. The molecule has 1 aromatic carbocycles. The van der Waals surface area contributed by atoms with Crippen molar-refractivity contribution in [1.29, 1.82) is 5.26 Å². The van der Waals surface area contributed by atoms with Crippen molar-refractivity contribution in [2.75, 3.05) is 104 Å². The number of likely N-dealkylation sites (tertiary alicyclic amines) is 1. The molecule has 0 saturated carbocycles. The number of amides is 5. The highest BCUT2D eigenvalue weighted by atomic mass is 19.3. The van der Waals surface area contributed by atoms with E-state index in [4.69, 9.17) is 0 Å². The van der Waals surface area contributed by atoms with Crippen molar-refractivity contribution in [3.05, 3.63) is 36.0 Å². The molecular formula is C41H52F2N10O11. The number of carbonyl (C=O) groups is 8. The van der Waals surface area contributed by atoms with E-state index >= 15 is 0 Å². The highest BCUT2D eigenvalue weighted by molar-refractivity contribution is 6.08. The van der Waals surface area contributed by atoms with Crippen molar-refractivity contribution in [3.8, 4) is 6.07 Å². The predicted molar refractivity (Wildman–Crippen MR) is 221 cm³/mol. The van der Waals surface area contributed by atoms with Gasteiger partial charge in [-0.15, -0.1) is 0 Å². The minimum absolute atomic E-state index is 0.0425. The van der Waals surface area contributed by atoms with Gasteiger partial charge >= 0.3 is 17.9 Å². The maximum atomic E-state index is 13.8. The van der Waals surface area contributed by atoms with Gasteiger partial charge in [-0.05, 0) is 30.7 Å². The zero-order valence-corrected chi connectivity index (χ0v) is 35.4. The highest BCUT2D eigenvalue weighted by Gasteiger charge is 2.47. The van der Waals surface area contributed by atoms with Gasteiger partial charge in [0.25, 0.3) is 11.8 Å². The van der Waals surface area contributed by atoms with Gasteiger partial charge in [0, 0.05) is 115 Å². The third-order valence-corrected chi connectivity index (χ3v) is 11.6. The summed E-state index contributed by atoms with van der Waals surface area (Å²) in [6.07, 6.45) is 0.140. The Hall–Kier alpha value is -6.38. The number of halogens is 2. The van der Waals surface area contributed by atoms with Gasteiger partial charge in [0.05, 0.1) is 43.3 Å². The summed E-state index contributed by atoms with van der Waals surface area (Å²) >= 11 is 0. The van der Waals surface area contributed by atoms with Crippen molar-refractivity contribution in [2.45, 2.75) is 50.1 Å². The molecule has 4 N–H and O–H groups in total. The number of nitriles is 1. The predicted octanol–water partition coefficient (Wildman–Crippen LogP) is -0.540. The van der Waals surface area contributed by atoms with Crippen molar-refractivity contribution >= 4 is 64.0 Å². The first-order valence-electron chi connectivity index (χ1n) is 20.8. The molecule has 3 fully saturated rings. The number of carboxylic acid groups (broad SMARTS) is 3. The molecule has 1 unspecified atom stereocenters. The van der Waals surface area contributed by atoms with E-state index in [-0.39, 0.29) is 122 Å². The van der Waals surface area contributed by atoms with E-state index < -0.39 is 73.1 Å². The smallest absolute Gasteiger partial charge is 0.320 e. The number of nitrogens with one attached hydrogen (secondary N) is 1. The lowest BCUT2D eigenvalue weighted by Crippen LogP contribution is -2.51. The number of fused-ring (bicyclic) bond motifs is 1. The molecule has 4 heterocycles. The summed E-state index contributed by atoms with van der Waals surface area (Å²) in [6, 6.07) is 5.41. The second-order valence-electron chi connectivity index (χ2n) is 16.0. The quantitative estimate of drug-likeness (QED) is 0.165. The van der Waals surface area contributed by atoms with Gasteiger partial charge in [-0.3, -0.25) is 58.0 Å². The number of carbonyl (C=O) groups excluding carboxylic acids is 5. The molecule has 0 bridgehead atoms. The number of carboxylic acids is 3. The third-order valence-electron chi connectivity index (χ3n) is 11.6. The fourth-order valence-electron chi connectivity index (χ4n) is 8.03. The SMILES string of the molecule is CN(C(=O)CCC(=O)N1CCN(C(=O)CCC(C(=O)O)N2CCN(CC(=O)O)CCN(CC(=O)O)CC2)CC1)c1ccc2nccc(C(=O)NCC(=O)N3CC(F)(F)C[C@H]3C#N)c2c1. The van der Waals surface area contributed by atoms with Gasteiger partial charge in [0.1, 0.15) is 12.1 Å². The van der Waals surface area contributed by atoms with Gasteiger partial charge in [-0.1, -0.05) is 0 Å². The van der Waals surface area contributed by atoms with E-state index in [9.17, 15) is 67.7 Å². The van der Waals surface area contributed by atoms with Crippen LogP contribution in [0.3, 0.4) is 0 Å². The first-order chi connectivity index (χ1) is 30.3. The molecular weight excluding hydrogens is 847 g/mol. The fraction of sp³-hybridized carbons (Fsp3) is 0.561. The molecule has 0 spiro atoms. The number of hydrogen-bond donors (Lipinski definition) is 4. The van der Waals surface area contributed by atoms with Gasteiger partial charge < -0.3 is 40.2 Å². The van der Waals surface area contributed by atoms with Crippen LogP contribution in [0.2, 0.25) is 0 Å². The maximum Gasteiger partial charge on any atom is 0.320 e. The average Bonchev–Trinajstić information content (AvgIpc) is 3.63. The number of nitrogens with zero attached hydrogens (tertiary/aromatic N) is 9. The molecule has 3 saturated heterocycles. The van der Waals surface area contributed by atoms with Crippen LogP contribution in [0.4, 0.5) is 14.5 Å². The molecule has 2 atom stereocenters. The maximum absolute atomic E-state index is 13.8. The van der Waals surface area contributed by atoms with Crippen LogP contribution in [0, 0.1) is 11.3 Å². The monoisotopic (exact) mass is 898 g/mol. The molecule has 23 heteroatoms. The zero-order chi connectivity index (χ0) is 46.7. The summed E-state index contributed by atoms with van der Waals surface area (Å²) in [5, 5.41) is 40.8. The topological polar surface area (TPSA) is 269 Å². The van der Waals surface area contributed by atoms with Crippen LogP contribution in [0.15, 0.2) is 30.5 Å². The Morgan fingerprint density at radius 2 is 1.41 bits per heavy atom. The van der Waals surface area contributed by atoms with E-state index in [0.29, 0.717) is 16.6 Å². The zero-order valence-electron chi connectivity index (χ0n) is 35.4. The minimum atomic E-state index is -3.21. The lowest BCUT2D eigenvalue weighted by molar-refractivity contribution is -0.145. The Kier molecular flexibility index (Phi) is 16.6. The Labute approximate surface area is 366 Å². The lowest BCUT2D eigenvalue weighted by Gasteiger charge is -2.35. The van der Waals surface area contributed by atoms with Gasteiger partial charge in [-0.25, -0.2) is 8.78 Å². The van der Waals surface area contributed by atoms with Crippen LogP contribution >= 0.6 is 0 Å². The second-order valence-corrected chi connectivity index (χ2v) is 16.0. The summed E-state index contributed by atoms with van der Waals surface area (Å²) < 4.78 is 27.7. The van der Waals surface area contributed by atoms with Crippen LogP contribution in [0.25, 0.3) is 10.9 Å². The van der Waals surface area contributed by atoms with Crippen LogP contribution in [-0.4, -0.2) is 214 Å². The molecule has 1 aromatic heterocycles. The number of rotatable bonds is 16. The van der Waals surface area contributed by atoms with Crippen LogP contribution in [-0.2, 0) is 33.6 Å². The number of hydrogen-bond acceptors (Lipinski definition) is 13. The number of pyridine rings is 1. The number of alkyl halides is 2. The number of benzene rings is 1. The fourth-order valence-corrected chi connectivity index (χ4v) is 8.03. The molecule has 5 amide bonds. The minimum Gasteiger partial charge on any atom is -0.480 e. The largest absolute Gasteiger partial charge is 0.480 e. The van der Waals surface area contributed by atoms with E-state index in [2.05, 4.69) is 10.3 Å². The Bertz CT molecular complexity index is 2120. The Morgan fingerprint density at radius 1 is 0.828 bits per heavy atom. The van der Waals surface area contributed by atoms with Crippen LogP contribution in [0.5, 0.6) is 0 Å². The Balaban J connectivity index is 1.10. The van der Waals surface area contributed by atoms with Crippen molar-refractivity contribution < 1.29 is 62.5 Å². The average molecular weight is 899 g/mol. The molecule has 21 nitrogen and oxygen atoms in total. The molecule has 3 aliphatic rings. The number of aliphatic carboxylic acids is 3. The van der Waals surface area contributed by atoms with Crippen LogP contribution < -0.4 is 10.2 Å².